The molecule has 3 fully saturated rings. The van der Waals surface area contributed by atoms with Crippen LogP contribution in [0.5, 0.6) is 0 Å². The lowest BCUT2D eigenvalue weighted by Gasteiger charge is -2.39. The van der Waals surface area contributed by atoms with Gasteiger partial charge in [-0.15, -0.1) is 6.58 Å². The Morgan fingerprint density at radius 1 is 1.36 bits per heavy atom. The van der Waals surface area contributed by atoms with E-state index in [2.05, 4.69) is 27.4 Å². The third-order valence-electron chi connectivity index (χ3n) is 6.60. The van der Waals surface area contributed by atoms with Crippen molar-refractivity contribution >= 4 is 5.78 Å². The maximum absolute atomic E-state index is 12.7. The molecule has 1 spiro atoms. The first-order chi connectivity index (χ1) is 10.4. The summed E-state index contributed by atoms with van der Waals surface area (Å²) in [5, 5.41) is 0. The average molecular weight is 306 g/mol. The minimum absolute atomic E-state index is 0.143. The van der Waals surface area contributed by atoms with Crippen LogP contribution in [0.25, 0.3) is 0 Å². The van der Waals surface area contributed by atoms with E-state index in [9.17, 15) is 4.79 Å². The molecule has 1 unspecified atom stereocenters. The molecule has 0 aromatic rings. The van der Waals surface area contributed by atoms with E-state index in [1.807, 2.05) is 6.08 Å². The van der Waals surface area contributed by atoms with Crippen molar-refractivity contribution in [2.75, 3.05) is 13.2 Å². The Balaban J connectivity index is 1.95. The minimum atomic E-state index is -0.498. The number of hydrogen-bond acceptors (Lipinski definition) is 3. The van der Waals surface area contributed by atoms with Crippen LogP contribution in [0.1, 0.15) is 52.9 Å². The molecule has 3 heteroatoms. The Labute approximate surface area is 134 Å². The quantitative estimate of drug-likeness (QED) is 0.740. The molecular formula is C19H30O3. The first-order valence-electron chi connectivity index (χ1n) is 8.84. The Kier molecular flexibility index (Phi) is 4.24. The topological polar surface area (TPSA) is 35.5 Å². The summed E-state index contributed by atoms with van der Waals surface area (Å²) in [6, 6.07) is 0. The Hall–Kier alpha value is -0.670. The fourth-order valence-corrected chi connectivity index (χ4v) is 5.44. The van der Waals surface area contributed by atoms with Crippen LogP contribution >= 0.6 is 0 Å². The van der Waals surface area contributed by atoms with Gasteiger partial charge in [0.05, 0.1) is 13.2 Å². The molecular weight excluding hydrogens is 276 g/mol. The Bertz CT molecular complexity index is 450. The largest absolute Gasteiger partial charge is 0.347 e. The van der Waals surface area contributed by atoms with Crippen LogP contribution in [0.3, 0.4) is 0 Å². The molecule has 0 aromatic carbocycles. The highest BCUT2D eigenvalue weighted by Crippen LogP contribution is 2.63. The summed E-state index contributed by atoms with van der Waals surface area (Å²) >= 11 is 0. The molecule has 2 aliphatic carbocycles. The fourth-order valence-electron chi connectivity index (χ4n) is 5.44. The zero-order chi connectivity index (χ0) is 16.0. The summed E-state index contributed by atoms with van der Waals surface area (Å²) < 4.78 is 12.2. The second-order valence-corrected chi connectivity index (χ2v) is 8.05. The molecule has 0 aromatic heterocycles. The highest BCUT2D eigenvalue weighted by molar-refractivity contribution is 5.82. The average Bonchev–Trinajstić information content (AvgIpc) is 2.99. The van der Waals surface area contributed by atoms with E-state index >= 15 is 0 Å². The lowest BCUT2D eigenvalue weighted by molar-refractivity contribution is -0.194. The Morgan fingerprint density at radius 3 is 2.64 bits per heavy atom. The number of hydrogen-bond donors (Lipinski definition) is 0. The minimum Gasteiger partial charge on any atom is -0.347 e. The molecule has 0 bridgehead atoms. The molecule has 1 aliphatic heterocycles. The predicted molar refractivity (Wildman–Crippen MR) is 86.3 cm³/mol. The van der Waals surface area contributed by atoms with Gasteiger partial charge in [-0.1, -0.05) is 26.8 Å². The molecule has 1 saturated heterocycles. The molecule has 3 aliphatic rings. The third-order valence-corrected chi connectivity index (χ3v) is 6.60. The molecule has 124 valence electrons. The first-order valence-corrected chi connectivity index (χ1v) is 8.84. The summed E-state index contributed by atoms with van der Waals surface area (Å²) in [4.78, 5) is 12.7. The summed E-state index contributed by atoms with van der Waals surface area (Å²) in [6.07, 6.45) is 6.34. The number of fused-ring (bicyclic) bond motifs is 2. The van der Waals surface area contributed by atoms with Crippen LogP contribution in [0.2, 0.25) is 0 Å². The summed E-state index contributed by atoms with van der Waals surface area (Å²) in [5.74, 6) is 1.39. The molecule has 1 heterocycles. The van der Waals surface area contributed by atoms with Gasteiger partial charge in [0.15, 0.2) is 5.79 Å². The van der Waals surface area contributed by atoms with Crippen molar-refractivity contribution < 1.29 is 14.3 Å². The second-order valence-electron chi connectivity index (χ2n) is 8.05. The number of ether oxygens (including phenoxy) is 2. The van der Waals surface area contributed by atoms with Gasteiger partial charge in [0.25, 0.3) is 0 Å². The lowest BCUT2D eigenvalue weighted by Crippen LogP contribution is -2.41. The van der Waals surface area contributed by atoms with Crippen LogP contribution in [0.15, 0.2) is 12.7 Å². The van der Waals surface area contributed by atoms with E-state index in [4.69, 9.17) is 9.47 Å². The van der Waals surface area contributed by atoms with Gasteiger partial charge in [-0.05, 0) is 36.5 Å². The number of allylic oxidation sites excluding steroid dienone is 1. The van der Waals surface area contributed by atoms with E-state index in [-0.39, 0.29) is 17.3 Å². The number of ketones is 1. The van der Waals surface area contributed by atoms with Crippen molar-refractivity contribution in [1.29, 1.82) is 0 Å². The SMILES string of the molecule is C=CCC1CC[C@]2(C)[C@@H](C(C)C)CC3(OCCO3)[C@H]2CC1=O. The predicted octanol–water partition coefficient (Wildman–Crippen LogP) is 3.97. The third kappa shape index (κ3) is 2.37. The molecule has 22 heavy (non-hydrogen) atoms. The van der Waals surface area contributed by atoms with Crippen molar-refractivity contribution in [2.24, 2.45) is 29.1 Å². The summed E-state index contributed by atoms with van der Waals surface area (Å²) in [6.45, 7) is 12.1. The van der Waals surface area contributed by atoms with Gasteiger partial charge in [0.1, 0.15) is 5.78 Å². The van der Waals surface area contributed by atoms with E-state index < -0.39 is 5.79 Å². The van der Waals surface area contributed by atoms with Crippen LogP contribution < -0.4 is 0 Å². The monoisotopic (exact) mass is 306 g/mol. The van der Waals surface area contributed by atoms with Gasteiger partial charge in [-0.3, -0.25) is 4.79 Å². The fraction of sp³-hybridized carbons (Fsp3) is 0.842. The van der Waals surface area contributed by atoms with Crippen LogP contribution in [0, 0.1) is 29.1 Å². The standard InChI is InChI=1S/C19H30O3/c1-5-6-14-7-8-18(4)15(13(2)3)12-19(21-9-10-22-19)17(18)11-16(14)20/h5,13-15,17H,1,6-12H2,2-4H3/t14?,15-,17+,18-/m1/s1. The normalized spacial score (nSPS) is 40.9. The van der Waals surface area contributed by atoms with Gasteiger partial charge in [-0.2, -0.15) is 0 Å². The van der Waals surface area contributed by atoms with E-state index in [0.29, 0.717) is 37.3 Å². The van der Waals surface area contributed by atoms with Crippen molar-refractivity contribution in [3.63, 3.8) is 0 Å². The maximum atomic E-state index is 12.7. The van der Waals surface area contributed by atoms with Gasteiger partial charge in [-0.25, -0.2) is 0 Å². The zero-order valence-corrected chi connectivity index (χ0v) is 14.3. The number of carbonyl (C=O) groups is 1. The second kappa shape index (κ2) is 5.76. The van der Waals surface area contributed by atoms with Crippen LogP contribution in [-0.2, 0) is 14.3 Å². The van der Waals surface area contributed by atoms with E-state index in [1.54, 1.807) is 0 Å². The van der Waals surface area contributed by atoms with Crippen molar-refractivity contribution in [3.05, 3.63) is 12.7 Å². The smallest absolute Gasteiger partial charge is 0.172 e. The number of carbonyl (C=O) groups excluding carboxylic acids is 1. The Morgan fingerprint density at radius 2 is 2.05 bits per heavy atom. The molecule has 3 nitrogen and oxygen atoms in total. The van der Waals surface area contributed by atoms with Crippen molar-refractivity contribution in [3.8, 4) is 0 Å². The van der Waals surface area contributed by atoms with Gasteiger partial charge in [0, 0.05) is 24.7 Å². The molecule has 3 rings (SSSR count). The molecule has 2 saturated carbocycles. The van der Waals surface area contributed by atoms with E-state index in [1.165, 1.54) is 0 Å². The lowest BCUT2D eigenvalue weighted by atomic mass is 9.66. The number of rotatable bonds is 3. The van der Waals surface area contributed by atoms with Crippen LogP contribution in [-0.4, -0.2) is 24.8 Å². The van der Waals surface area contributed by atoms with Crippen LogP contribution in [0.4, 0.5) is 0 Å². The molecule has 0 N–H and O–H groups in total. The molecule has 0 radical (unpaired) electrons. The highest BCUT2D eigenvalue weighted by Gasteiger charge is 2.64. The zero-order valence-electron chi connectivity index (χ0n) is 14.3. The van der Waals surface area contributed by atoms with Gasteiger partial charge in [0.2, 0.25) is 0 Å². The van der Waals surface area contributed by atoms with Crippen molar-refractivity contribution in [1.82, 2.24) is 0 Å². The highest BCUT2D eigenvalue weighted by atomic mass is 16.7. The maximum Gasteiger partial charge on any atom is 0.172 e. The summed E-state index contributed by atoms with van der Waals surface area (Å²) in [5.41, 5.74) is 0.143. The summed E-state index contributed by atoms with van der Waals surface area (Å²) in [7, 11) is 0. The van der Waals surface area contributed by atoms with E-state index in [0.717, 1.165) is 25.7 Å². The first kappa shape index (κ1) is 16.2. The number of Topliss-reactive ketones (excluding diaryl/α,β-unsaturated/α-hetero) is 1. The van der Waals surface area contributed by atoms with Gasteiger partial charge >= 0.3 is 0 Å². The van der Waals surface area contributed by atoms with Gasteiger partial charge < -0.3 is 9.47 Å². The molecule has 4 atom stereocenters. The molecule has 0 amide bonds. The van der Waals surface area contributed by atoms with Crippen molar-refractivity contribution in [2.45, 2.75) is 58.7 Å².